The van der Waals surface area contributed by atoms with Crippen molar-refractivity contribution in [1.29, 1.82) is 0 Å². The Morgan fingerprint density at radius 1 is 1.23 bits per heavy atom. The Morgan fingerprint density at radius 3 is 2.73 bits per heavy atom. The van der Waals surface area contributed by atoms with Crippen molar-refractivity contribution < 1.29 is 4.74 Å². The van der Waals surface area contributed by atoms with Crippen molar-refractivity contribution in [3.63, 3.8) is 0 Å². The van der Waals surface area contributed by atoms with Crippen LogP contribution in [0.1, 0.15) is 44.2 Å². The number of benzene rings is 1. The molecular formula is C20H33IN4O. The lowest BCUT2D eigenvalue weighted by Gasteiger charge is -2.35. The van der Waals surface area contributed by atoms with Crippen molar-refractivity contribution in [2.24, 2.45) is 10.7 Å². The molecule has 1 aromatic carbocycles. The van der Waals surface area contributed by atoms with E-state index in [1.807, 2.05) is 0 Å². The van der Waals surface area contributed by atoms with Crippen molar-refractivity contribution >= 4 is 35.6 Å². The van der Waals surface area contributed by atoms with Gasteiger partial charge in [-0.1, -0.05) is 12.1 Å². The van der Waals surface area contributed by atoms with Gasteiger partial charge in [-0.3, -0.25) is 9.89 Å². The van der Waals surface area contributed by atoms with Crippen LogP contribution in [-0.4, -0.2) is 49.2 Å². The number of aliphatic imine (C=N–C) groups is 1. The molecule has 0 saturated carbocycles. The molecule has 2 unspecified atom stereocenters. The molecule has 0 spiro atoms. The van der Waals surface area contributed by atoms with Crippen LogP contribution in [-0.2, 0) is 17.6 Å². The number of anilines is 1. The lowest BCUT2D eigenvalue weighted by atomic mass is 9.90. The minimum atomic E-state index is 0. The molecule has 0 radical (unpaired) electrons. The number of ether oxygens (including phenoxy) is 1. The first kappa shape index (κ1) is 21.4. The molecule has 5 nitrogen and oxygen atoms in total. The summed E-state index contributed by atoms with van der Waals surface area (Å²) in [6.45, 7) is 8.12. The summed E-state index contributed by atoms with van der Waals surface area (Å²) < 4.78 is 5.77. The van der Waals surface area contributed by atoms with E-state index in [-0.39, 0.29) is 24.0 Å². The fourth-order valence-electron chi connectivity index (χ4n) is 4.04. The number of halogens is 1. The van der Waals surface area contributed by atoms with Crippen molar-refractivity contribution in [2.45, 2.75) is 58.2 Å². The second kappa shape index (κ2) is 10.5. The summed E-state index contributed by atoms with van der Waals surface area (Å²) in [6, 6.07) is 6.46. The van der Waals surface area contributed by atoms with E-state index in [1.54, 1.807) is 0 Å². The number of nitrogens with two attached hydrogens (primary N) is 1. The molecule has 3 N–H and O–H groups in total. The fourth-order valence-corrected chi connectivity index (χ4v) is 4.04. The highest BCUT2D eigenvalue weighted by Gasteiger charge is 2.21. The van der Waals surface area contributed by atoms with Gasteiger partial charge in [0.25, 0.3) is 0 Å². The van der Waals surface area contributed by atoms with Crippen LogP contribution in [0.15, 0.2) is 23.2 Å². The second-order valence-corrected chi connectivity index (χ2v) is 7.41. The van der Waals surface area contributed by atoms with Crippen LogP contribution in [0.2, 0.25) is 0 Å². The zero-order valence-corrected chi connectivity index (χ0v) is 18.4. The number of nitrogens with one attached hydrogen (secondary N) is 1. The smallest absolute Gasteiger partial charge is 0.193 e. The standard InChI is InChI=1S/C20H32N4O.HI/c1-15-13-24(14-16(2)25-15)12-6-11-22-20(21)23-19-10-5-8-17-7-3-4-9-18(17)19;/h5,8,10,15-16H,3-4,6-7,9,11-14H2,1-2H3,(H3,21,22,23);1H. The monoisotopic (exact) mass is 472 g/mol. The average Bonchev–Trinajstić information content (AvgIpc) is 2.58. The summed E-state index contributed by atoms with van der Waals surface area (Å²) in [5.74, 6) is 0.530. The molecule has 1 aliphatic carbocycles. The highest BCUT2D eigenvalue weighted by atomic mass is 127. The van der Waals surface area contributed by atoms with Gasteiger partial charge >= 0.3 is 0 Å². The van der Waals surface area contributed by atoms with Gasteiger partial charge in [0.1, 0.15) is 0 Å². The first-order chi connectivity index (χ1) is 12.1. The maximum atomic E-state index is 6.11. The third kappa shape index (κ3) is 6.09. The molecule has 0 aromatic heterocycles. The highest BCUT2D eigenvalue weighted by molar-refractivity contribution is 14.0. The highest BCUT2D eigenvalue weighted by Crippen LogP contribution is 2.27. The minimum absolute atomic E-state index is 0. The Bertz CT molecular complexity index is 597. The molecule has 3 rings (SSSR count). The van der Waals surface area contributed by atoms with Gasteiger partial charge in [0, 0.05) is 31.9 Å². The summed E-state index contributed by atoms with van der Waals surface area (Å²) in [4.78, 5) is 6.98. The third-order valence-corrected chi connectivity index (χ3v) is 5.07. The van der Waals surface area contributed by atoms with Gasteiger partial charge < -0.3 is 15.8 Å². The van der Waals surface area contributed by atoms with Crippen LogP contribution >= 0.6 is 24.0 Å². The average molecular weight is 472 g/mol. The molecule has 1 saturated heterocycles. The quantitative estimate of drug-likeness (QED) is 0.299. The molecular weight excluding hydrogens is 439 g/mol. The lowest BCUT2D eigenvalue weighted by Crippen LogP contribution is -2.45. The zero-order chi connectivity index (χ0) is 17.6. The topological polar surface area (TPSA) is 62.9 Å². The maximum absolute atomic E-state index is 6.11. The van der Waals surface area contributed by atoms with Crippen LogP contribution < -0.4 is 11.1 Å². The molecule has 1 heterocycles. The normalized spacial score (nSPS) is 23.8. The SMILES string of the molecule is CC1CN(CCCN=C(N)Nc2cccc3c2CCCC3)CC(C)O1.I. The van der Waals surface area contributed by atoms with E-state index < -0.39 is 0 Å². The number of morpholine rings is 1. The Labute approximate surface area is 174 Å². The summed E-state index contributed by atoms with van der Waals surface area (Å²) >= 11 is 0. The number of rotatable bonds is 5. The van der Waals surface area contributed by atoms with Crippen molar-refractivity contribution in [1.82, 2.24) is 4.90 Å². The predicted octanol–water partition coefficient (Wildman–Crippen LogP) is 3.41. The fraction of sp³-hybridized carbons (Fsp3) is 0.650. The number of fused-ring (bicyclic) bond motifs is 1. The first-order valence-electron chi connectivity index (χ1n) is 9.67. The van der Waals surface area contributed by atoms with Crippen LogP contribution in [0.5, 0.6) is 0 Å². The summed E-state index contributed by atoms with van der Waals surface area (Å²) in [7, 11) is 0. The third-order valence-electron chi connectivity index (χ3n) is 5.07. The molecule has 0 amide bonds. The Balaban J connectivity index is 0.00000243. The van der Waals surface area contributed by atoms with Crippen molar-refractivity contribution in [2.75, 3.05) is 31.5 Å². The maximum Gasteiger partial charge on any atom is 0.193 e. The number of nitrogens with zero attached hydrogens (tertiary/aromatic N) is 2. The minimum Gasteiger partial charge on any atom is -0.373 e. The van der Waals surface area contributed by atoms with Gasteiger partial charge in [-0.25, -0.2) is 0 Å². The van der Waals surface area contributed by atoms with Gasteiger partial charge in [0.15, 0.2) is 5.96 Å². The van der Waals surface area contributed by atoms with E-state index in [9.17, 15) is 0 Å². The molecule has 2 atom stereocenters. The largest absolute Gasteiger partial charge is 0.373 e. The van der Waals surface area contributed by atoms with Gasteiger partial charge in [-0.05, 0) is 63.1 Å². The van der Waals surface area contributed by atoms with Crippen LogP contribution in [0.4, 0.5) is 5.69 Å². The molecule has 1 fully saturated rings. The second-order valence-electron chi connectivity index (χ2n) is 7.41. The molecule has 1 aliphatic heterocycles. The first-order valence-corrected chi connectivity index (χ1v) is 9.67. The van der Waals surface area contributed by atoms with Crippen molar-refractivity contribution in [3.8, 4) is 0 Å². The molecule has 1 aromatic rings. The lowest BCUT2D eigenvalue weighted by molar-refractivity contribution is -0.0679. The van der Waals surface area contributed by atoms with Gasteiger partial charge in [0.2, 0.25) is 0 Å². The zero-order valence-electron chi connectivity index (χ0n) is 16.0. The van der Waals surface area contributed by atoms with E-state index >= 15 is 0 Å². The molecule has 26 heavy (non-hydrogen) atoms. The van der Waals surface area contributed by atoms with E-state index in [0.717, 1.165) is 44.7 Å². The summed E-state index contributed by atoms with van der Waals surface area (Å²) in [5, 5.41) is 3.32. The van der Waals surface area contributed by atoms with Crippen LogP contribution in [0.3, 0.4) is 0 Å². The van der Waals surface area contributed by atoms with E-state index in [4.69, 9.17) is 10.5 Å². The van der Waals surface area contributed by atoms with Crippen LogP contribution in [0.25, 0.3) is 0 Å². The predicted molar refractivity (Wildman–Crippen MR) is 120 cm³/mol. The molecule has 146 valence electrons. The number of guanidine groups is 1. The number of hydrogen-bond acceptors (Lipinski definition) is 3. The Kier molecular flexibility index (Phi) is 8.63. The number of aryl methyl sites for hydroxylation is 1. The van der Waals surface area contributed by atoms with E-state index in [1.165, 1.54) is 30.4 Å². The van der Waals surface area contributed by atoms with E-state index in [2.05, 4.69) is 47.3 Å². The Hall–Kier alpha value is -0.860. The van der Waals surface area contributed by atoms with Gasteiger partial charge in [-0.2, -0.15) is 0 Å². The van der Waals surface area contributed by atoms with Crippen LogP contribution in [0, 0.1) is 0 Å². The summed E-state index contributed by atoms with van der Waals surface area (Å²) in [5.41, 5.74) is 10.1. The van der Waals surface area contributed by atoms with E-state index in [0.29, 0.717) is 18.2 Å². The van der Waals surface area contributed by atoms with Gasteiger partial charge in [0.05, 0.1) is 12.2 Å². The number of hydrogen-bond donors (Lipinski definition) is 2. The Morgan fingerprint density at radius 2 is 1.96 bits per heavy atom. The van der Waals surface area contributed by atoms with Crippen molar-refractivity contribution in [3.05, 3.63) is 29.3 Å². The van der Waals surface area contributed by atoms with Gasteiger partial charge in [-0.15, -0.1) is 24.0 Å². The molecule has 0 bridgehead atoms. The summed E-state index contributed by atoms with van der Waals surface area (Å²) in [6.07, 6.45) is 6.54. The molecule has 6 heteroatoms. The molecule has 2 aliphatic rings.